The summed E-state index contributed by atoms with van der Waals surface area (Å²) in [6, 6.07) is 17.6. The van der Waals surface area contributed by atoms with Crippen LogP contribution in [0.1, 0.15) is 21.5 Å². The molecule has 1 fully saturated rings. The summed E-state index contributed by atoms with van der Waals surface area (Å²) in [6.45, 7) is 5.21. The molecular formula is C26H29FN4O3S. The Kier molecular flexibility index (Phi) is 7.37. The van der Waals surface area contributed by atoms with Crippen LogP contribution >= 0.6 is 0 Å². The van der Waals surface area contributed by atoms with E-state index in [2.05, 4.69) is 19.8 Å². The quantitative estimate of drug-likeness (QED) is 0.522. The van der Waals surface area contributed by atoms with Gasteiger partial charge in [0.15, 0.2) is 0 Å². The number of hydrogen-bond acceptors (Lipinski definition) is 5. The Labute approximate surface area is 205 Å². The minimum absolute atomic E-state index is 0.147. The maximum Gasteiger partial charge on any atom is 0.261 e. The van der Waals surface area contributed by atoms with Crippen molar-refractivity contribution in [2.45, 2.75) is 18.4 Å². The summed E-state index contributed by atoms with van der Waals surface area (Å²) >= 11 is 0. The highest BCUT2D eigenvalue weighted by Crippen LogP contribution is 2.30. The van der Waals surface area contributed by atoms with Gasteiger partial charge in [0.2, 0.25) is 0 Å². The van der Waals surface area contributed by atoms with Gasteiger partial charge >= 0.3 is 0 Å². The Morgan fingerprint density at radius 1 is 0.971 bits per heavy atom. The molecule has 0 aromatic heterocycles. The largest absolute Gasteiger partial charge is 0.367 e. The molecule has 7 nitrogen and oxygen atoms in total. The number of carbonyl (C=O) groups is 1. The van der Waals surface area contributed by atoms with Crippen LogP contribution in [0, 0.1) is 12.7 Å². The van der Waals surface area contributed by atoms with Crippen LogP contribution in [0.4, 0.5) is 15.8 Å². The first kappa shape index (κ1) is 24.7. The van der Waals surface area contributed by atoms with E-state index in [0.717, 1.165) is 37.4 Å². The van der Waals surface area contributed by atoms with Crippen LogP contribution in [0.5, 0.6) is 0 Å². The fraction of sp³-hybridized carbons (Fsp3) is 0.269. The van der Waals surface area contributed by atoms with Crippen molar-refractivity contribution < 1.29 is 17.6 Å². The van der Waals surface area contributed by atoms with Crippen molar-refractivity contribution in [3.05, 3.63) is 89.2 Å². The minimum atomic E-state index is -3.86. The van der Waals surface area contributed by atoms with Crippen LogP contribution in [-0.4, -0.2) is 52.5 Å². The highest BCUT2D eigenvalue weighted by Gasteiger charge is 2.22. The zero-order valence-electron chi connectivity index (χ0n) is 19.8. The number of anilines is 2. The van der Waals surface area contributed by atoms with Crippen LogP contribution in [-0.2, 0) is 16.6 Å². The fourth-order valence-corrected chi connectivity index (χ4v) is 5.00. The van der Waals surface area contributed by atoms with Crippen LogP contribution in [0.2, 0.25) is 0 Å². The van der Waals surface area contributed by atoms with Gasteiger partial charge in [-0.05, 0) is 62.0 Å². The summed E-state index contributed by atoms with van der Waals surface area (Å²) in [5.74, 6) is -0.754. The molecule has 4 rings (SSSR count). The van der Waals surface area contributed by atoms with Crippen molar-refractivity contribution in [3.8, 4) is 0 Å². The second kappa shape index (κ2) is 10.5. The third kappa shape index (κ3) is 6.17. The van der Waals surface area contributed by atoms with Crippen molar-refractivity contribution in [2.24, 2.45) is 0 Å². The van der Waals surface area contributed by atoms with E-state index in [4.69, 9.17) is 0 Å². The third-order valence-corrected chi connectivity index (χ3v) is 7.40. The Morgan fingerprint density at radius 3 is 2.37 bits per heavy atom. The molecule has 0 spiro atoms. The van der Waals surface area contributed by atoms with Crippen molar-refractivity contribution >= 4 is 27.3 Å². The van der Waals surface area contributed by atoms with Gasteiger partial charge in [-0.15, -0.1) is 0 Å². The summed E-state index contributed by atoms with van der Waals surface area (Å²) in [5, 5.41) is 2.77. The second-order valence-corrected chi connectivity index (χ2v) is 10.4. The van der Waals surface area contributed by atoms with Crippen LogP contribution in [0.25, 0.3) is 0 Å². The van der Waals surface area contributed by atoms with E-state index in [1.807, 2.05) is 14.0 Å². The number of nitrogens with zero attached hydrogens (tertiary/aromatic N) is 2. The molecule has 1 aliphatic rings. The standard InChI is InChI=1S/C26H29FN4O3S/c1-19-6-9-23(10-7-19)35(33,34)29-24-17-21(8-11-25(24)31-14-12-30(2)13-15-31)26(32)28-18-20-4-3-5-22(27)16-20/h3-11,16-17,29H,12-15,18H2,1-2H3,(H,28,32). The van der Waals surface area contributed by atoms with Gasteiger partial charge in [-0.1, -0.05) is 29.8 Å². The molecule has 0 unspecified atom stereocenters. The highest BCUT2D eigenvalue weighted by molar-refractivity contribution is 7.92. The molecular weight excluding hydrogens is 467 g/mol. The number of carbonyl (C=O) groups excluding carboxylic acids is 1. The Balaban J connectivity index is 1.61. The zero-order chi connectivity index (χ0) is 25.0. The van der Waals surface area contributed by atoms with E-state index in [1.165, 1.54) is 12.1 Å². The Morgan fingerprint density at radius 2 is 1.69 bits per heavy atom. The van der Waals surface area contributed by atoms with Gasteiger partial charge in [0.25, 0.3) is 15.9 Å². The number of hydrogen-bond donors (Lipinski definition) is 2. The van der Waals surface area contributed by atoms with Crippen molar-refractivity contribution in [1.29, 1.82) is 0 Å². The zero-order valence-corrected chi connectivity index (χ0v) is 20.6. The second-order valence-electron chi connectivity index (χ2n) is 8.75. The monoisotopic (exact) mass is 496 g/mol. The molecule has 35 heavy (non-hydrogen) atoms. The van der Waals surface area contributed by atoms with Crippen LogP contribution in [0.3, 0.4) is 0 Å². The molecule has 1 aliphatic heterocycles. The van der Waals surface area contributed by atoms with Gasteiger partial charge in [-0.25, -0.2) is 12.8 Å². The summed E-state index contributed by atoms with van der Waals surface area (Å²) in [5.41, 5.74) is 2.96. The van der Waals surface area contributed by atoms with Gasteiger partial charge in [0.1, 0.15) is 5.82 Å². The van der Waals surface area contributed by atoms with E-state index in [-0.39, 0.29) is 23.2 Å². The lowest BCUT2D eigenvalue weighted by atomic mass is 10.1. The number of benzene rings is 3. The van der Waals surface area contributed by atoms with Crippen molar-refractivity contribution in [2.75, 3.05) is 42.8 Å². The summed E-state index contributed by atoms with van der Waals surface area (Å²) in [7, 11) is -1.82. The molecule has 0 saturated carbocycles. The number of sulfonamides is 1. The molecule has 1 saturated heterocycles. The molecule has 0 radical (unpaired) electrons. The molecule has 0 bridgehead atoms. The number of likely N-dealkylation sites (N-methyl/N-ethyl adjacent to an activating group) is 1. The molecule has 1 heterocycles. The summed E-state index contributed by atoms with van der Waals surface area (Å²) < 4.78 is 42.4. The predicted octanol–water partition coefficient (Wildman–Crippen LogP) is 3.62. The minimum Gasteiger partial charge on any atom is -0.367 e. The first-order chi connectivity index (χ1) is 16.7. The Hall–Kier alpha value is -3.43. The van der Waals surface area contributed by atoms with E-state index < -0.39 is 10.0 Å². The average Bonchev–Trinajstić information content (AvgIpc) is 2.83. The number of rotatable bonds is 7. The first-order valence-corrected chi connectivity index (χ1v) is 12.9. The molecule has 9 heteroatoms. The van der Waals surface area contributed by atoms with Gasteiger partial charge in [-0.3, -0.25) is 9.52 Å². The third-order valence-electron chi connectivity index (χ3n) is 6.02. The Bertz CT molecular complexity index is 1300. The first-order valence-electron chi connectivity index (χ1n) is 11.4. The van der Waals surface area contributed by atoms with Crippen LogP contribution in [0.15, 0.2) is 71.6 Å². The van der Waals surface area contributed by atoms with Crippen LogP contribution < -0.4 is 14.9 Å². The number of amides is 1. The summed E-state index contributed by atoms with van der Waals surface area (Å²) in [6.07, 6.45) is 0. The maximum atomic E-state index is 13.4. The molecule has 0 atom stereocenters. The summed E-state index contributed by atoms with van der Waals surface area (Å²) in [4.78, 5) is 17.3. The highest BCUT2D eigenvalue weighted by atomic mass is 32.2. The van der Waals surface area contributed by atoms with Crippen molar-refractivity contribution in [1.82, 2.24) is 10.2 Å². The molecule has 1 amide bonds. The number of nitrogens with one attached hydrogen (secondary N) is 2. The lowest BCUT2D eigenvalue weighted by Crippen LogP contribution is -2.44. The van der Waals surface area contributed by atoms with E-state index in [9.17, 15) is 17.6 Å². The number of halogens is 1. The predicted molar refractivity (Wildman–Crippen MR) is 136 cm³/mol. The number of piperazine rings is 1. The maximum absolute atomic E-state index is 13.4. The number of aryl methyl sites for hydroxylation is 1. The van der Waals surface area contributed by atoms with Gasteiger partial charge in [0, 0.05) is 38.3 Å². The molecule has 3 aromatic rings. The molecule has 0 aliphatic carbocycles. The smallest absolute Gasteiger partial charge is 0.261 e. The lowest BCUT2D eigenvalue weighted by molar-refractivity contribution is 0.0951. The molecule has 2 N–H and O–H groups in total. The average molecular weight is 497 g/mol. The van der Waals surface area contributed by atoms with Crippen molar-refractivity contribution in [3.63, 3.8) is 0 Å². The van der Waals surface area contributed by atoms with E-state index in [0.29, 0.717) is 16.8 Å². The fourth-order valence-electron chi connectivity index (χ4n) is 3.93. The lowest BCUT2D eigenvalue weighted by Gasteiger charge is -2.35. The van der Waals surface area contributed by atoms with Gasteiger partial charge in [-0.2, -0.15) is 0 Å². The van der Waals surface area contributed by atoms with E-state index >= 15 is 0 Å². The van der Waals surface area contributed by atoms with Gasteiger partial charge < -0.3 is 15.1 Å². The normalized spacial score (nSPS) is 14.5. The molecule has 184 valence electrons. The molecule has 3 aromatic carbocycles. The SMILES string of the molecule is Cc1ccc(S(=O)(=O)Nc2cc(C(=O)NCc3cccc(F)c3)ccc2N2CCN(C)CC2)cc1. The van der Waals surface area contributed by atoms with E-state index in [1.54, 1.807) is 54.6 Å². The topological polar surface area (TPSA) is 81.7 Å². The van der Waals surface area contributed by atoms with Gasteiger partial charge in [0.05, 0.1) is 16.3 Å².